The van der Waals surface area contributed by atoms with Crippen molar-refractivity contribution < 1.29 is 14.3 Å². The molecule has 2 aromatic heterocycles. The predicted molar refractivity (Wildman–Crippen MR) is 103 cm³/mol. The van der Waals surface area contributed by atoms with E-state index in [4.69, 9.17) is 9.72 Å². The number of para-hydroxylation sites is 1. The van der Waals surface area contributed by atoms with Crippen LogP contribution >= 0.6 is 11.3 Å². The average molecular weight is 391 g/mol. The quantitative estimate of drug-likeness (QED) is 0.628. The van der Waals surface area contributed by atoms with Crippen molar-refractivity contribution in [2.24, 2.45) is 0 Å². The van der Waals surface area contributed by atoms with Crippen LogP contribution in [0.25, 0.3) is 10.2 Å². The van der Waals surface area contributed by atoms with E-state index in [0.717, 1.165) is 33.6 Å². The van der Waals surface area contributed by atoms with Gasteiger partial charge in [-0.3, -0.25) is 9.78 Å². The second-order valence-electron chi connectivity index (χ2n) is 7.85. The highest BCUT2D eigenvalue weighted by molar-refractivity contribution is 7.18. The Morgan fingerprint density at radius 2 is 2.04 bits per heavy atom. The standard InChI is InChI=1S/C21H17N3O3S/c25-17-13-11-22-9-5-14(13)21(27-17)8-10-24(12-21)19(26)20(6-7-20)18-23-15-3-1-2-4-16(15)28-18/h1-5,9,11H,6-8,10,12H2/t21-/m0/s1. The van der Waals surface area contributed by atoms with Gasteiger partial charge in [-0.05, 0) is 31.0 Å². The van der Waals surface area contributed by atoms with Crippen LogP contribution in [-0.2, 0) is 20.5 Å². The molecule has 1 atom stereocenters. The predicted octanol–water partition coefficient (Wildman–Crippen LogP) is 3.02. The Morgan fingerprint density at radius 3 is 2.86 bits per heavy atom. The molecule has 1 saturated heterocycles. The van der Waals surface area contributed by atoms with Crippen molar-refractivity contribution in [3.63, 3.8) is 0 Å². The Kier molecular flexibility index (Phi) is 3.11. The van der Waals surface area contributed by atoms with Crippen molar-refractivity contribution >= 4 is 33.4 Å². The lowest BCUT2D eigenvalue weighted by atomic mass is 9.93. The van der Waals surface area contributed by atoms with Gasteiger partial charge in [-0.2, -0.15) is 0 Å². The first-order valence-corrected chi connectivity index (χ1v) is 10.3. The number of ether oxygens (including phenoxy) is 1. The number of hydrogen-bond acceptors (Lipinski definition) is 6. The lowest BCUT2D eigenvalue weighted by Gasteiger charge is -2.26. The molecule has 3 aromatic rings. The van der Waals surface area contributed by atoms with Crippen molar-refractivity contribution in [2.45, 2.75) is 30.3 Å². The fourth-order valence-corrected chi connectivity index (χ4v) is 5.73. The minimum absolute atomic E-state index is 0.113. The number of carbonyl (C=O) groups is 2. The lowest BCUT2D eigenvalue weighted by molar-refractivity contribution is -0.134. The summed E-state index contributed by atoms with van der Waals surface area (Å²) in [6.07, 6.45) is 5.51. The maximum Gasteiger partial charge on any atom is 0.341 e. The minimum atomic E-state index is -0.727. The Bertz CT molecular complexity index is 1120. The van der Waals surface area contributed by atoms with Crippen LogP contribution in [0.1, 0.15) is 40.2 Å². The summed E-state index contributed by atoms with van der Waals surface area (Å²) in [5.74, 6) is -0.230. The monoisotopic (exact) mass is 391 g/mol. The van der Waals surface area contributed by atoms with Crippen molar-refractivity contribution in [1.82, 2.24) is 14.9 Å². The molecule has 3 aliphatic rings. The molecule has 1 aromatic carbocycles. The highest BCUT2D eigenvalue weighted by atomic mass is 32.1. The van der Waals surface area contributed by atoms with Gasteiger partial charge in [0.25, 0.3) is 0 Å². The molecule has 6 nitrogen and oxygen atoms in total. The van der Waals surface area contributed by atoms with E-state index in [1.54, 1.807) is 23.7 Å². The van der Waals surface area contributed by atoms with Crippen LogP contribution in [0.5, 0.6) is 0 Å². The summed E-state index contributed by atoms with van der Waals surface area (Å²) >= 11 is 1.61. The van der Waals surface area contributed by atoms with Gasteiger partial charge in [0.15, 0.2) is 5.60 Å². The summed E-state index contributed by atoms with van der Waals surface area (Å²) in [7, 11) is 0. The zero-order chi connectivity index (χ0) is 18.9. The topological polar surface area (TPSA) is 72.4 Å². The molecule has 28 heavy (non-hydrogen) atoms. The number of benzene rings is 1. The normalized spacial score (nSPS) is 24.6. The SMILES string of the molecule is O=C1O[C@]2(CCN(C(=O)C3(c4nc5ccccc5s4)CC3)C2)c2ccncc21. The fourth-order valence-electron chi connectivity index (χ4n) is 4.52. The van der Waals surface area contributed by atoms with E-state index < -0.39 is 11.0 Å². The third kappa shape index (κ3) is 2.08. The molecule has 1 aliphatic carbocycles. The third-order valence-corrected chi connectivity index (χ3v) is 7.44. The molecular formula is C21H17N3O3S. The van der Waals surface area contributed by atoms with Crippen molar-refractivity contribution in [3.8, 4) is 0 Å². The van der Waals surface area contributed by atoms with Crippen molar-refractivity contribution in [1.29, 1.82) is 0 Å². The molecule has 1 amide bonds. The molecule has 2 aliphatic heterocycles. The summed E-state index contributed by atoms with van der Waals surface area (Å²) in [4.78, 5) is 36.4. The van der Waals surface area contributed by atoms with Gasteiger partial charge in [-0.25, -0.2) is 9.78 Å². The second kappa shape index (κ2) is 5.38. The number of carbonyl (C=O) groups excluding carboxylic acids is 2. The number of likely N-dealkylation sites (tertiary alicyclic amines) is 1. The number of amides is 1. The number of thiazole rings is 1. The van der Waals surface area contributed by atoms with E-state index in [2.05, 4.69) is 4.98 Å². The van der Waals surface area contributed by atoms with Gasteiger partial charge in [-0.15, -0.1) is 11.3 Å². The number of pyridine rings is 1. The van der Waals surface area contributed by atoms with Crippen LogP contribution in [-0.4, -0.2) is 39.8 Å². The molecule has 0 radical (unpaired) electrons. The van der Waals surface area contributed by atoms with Gasteiger partial charge in [-0.1, -0.05) is 12.1 Å². The first kappa shape index (κ1) is 16.2. The molecular weight excluding hydrogens is 374 g/mol. The minimum Gasteiger partial charge on any atom is -0.449 e. The number of fused-ring (bicyclic) bond motifs is 3. The maximum atomic E-state index is 13.5. The molecule has 1 saturated carbocycles. The Labute approximate surface area is 165 Å². The van der Waals surface area contributed by atoms with Gasteiger partial charge in [0.05, 0.1) is 22.3 Å². The maximum absolute atomic E-state index is 13.5. The van der Waals surface area contributed by atoms with Crippen LogP contribution in [0, 0.1) is 0 Å². The third-order valence-electron chi connectivity index (χ3n) is 6.20. The first-order chi connectivity index (χ1) is 13.6. The number of esters is 1. The van der Waals surface area contributed by atoms with Crippen LogP contribution < -0.4 is 0 Å². The van der Waals surface area contributed by atoms with E-state index >= 15 is 0 Å². The highest BCUT2D eigenvalue weighted by Gasteiger charge is 2.59. The van der Waals surface area contributed by atoms with Gasteiger partial charge >= 0.3 is 5.97 Å². The summed E-state index contributed by atoms with van der Waals surface area (Å²) < 4.78 is 6.87. The second-order valence-corrected chi connectivity index (χ2v) is 8.88. The number of rotatable bonds is 2. The first-order valence-electron chi connectivity index (χ1n) is 9.45. The summed E-state index contributed by atoms with van der Waals surface area (Å²) in [5, 5.41) is 0.910. The molecule has 4 heterocycles. The van der Waals surface area contributed by atoms with E-state index in [9.17, 15) is 9.59 Å². The molecule has 7 heteroatoms. The van der Waals surface area contributed by atoms with E-state index in [0.29, 0.717) is 25.1 Å². The van der Waals surface area contributed by atoms with Gasteiger partial charge < -0.3 is 9.64 Å². The van der Waals surface area contributed by atoms with Crippen molar-refractivity contribution in [2.75, 3.05) is 13.1 Å². The molecule has 140 valence electrons. The van der Waals surface area contributed by atoms with Crippen molar-refractivity contribution in [3.05, 3.63) is 58.9 Å². The lowest BCUT2D eigenvalue weighted by Crippen LogP contribution is -2.40. The fraction of sp³-hybridized carbons (Fsp3) is 0.333. The molecule has 0 N–H and O–H groups in total. The smallest absolute Gasteiger partial charge is 0.341 e. The van der Waals surface area contributed by atoms with E-state index in [1.807, 2.05) is 35.2 Å². The molecule has 0 unspecified atom stereocenters. The molecule has 6 rings (SSSR count). The van der Waals surface area contributed by atoms with E-state index in [-0.39, 0.29) is 11.9 Å². The zero-order valence-electron chi connectivity index (χ0n) is 15.1. The molecule has 0 bridgehead atoms. The molecule has 2 fully saturated rings. The number of nitrogens with zero attached hydrogens (tertiary/aromatic N) is 3. The average Bonchev–Trinajstić information content (AvgIpc) is 3.11. The van der Waals surface area contributed by atoms with Crippen LogP contribution in [0.2, 0.25) is 0 Å². The Hall–Kier alpha value is -2.80. The van der Waals surface area contributed by atoms with Gasteiger partial charge in [0, 0.05) is 30.9 Å². The largest absolute Gasteiger partial charge is 0.449 e. The number of hydrogen-bond donors (Lipinski definition) is 0. The summed E-state index contributed by atoms with van der Waals surface area (Å²) in [6.45, 7) is 0.988. The Balaban J connectivity index is 1.32. The molecule has 1 spiro atoms. The summed E-state index contributed by atoms with van der Waals surface area (Å²) in [6, 6.07) is 9.85. The Morgan fingerprint density at radius 1 is 1.18 bits per heavy atom. The van der Waals surface area contributed by atoms with Gasteiger partial charge in [0.1, 0.15) is 10.4 Å². The van der Waals surface area contributed by atoms with Crippen LogP contribution in [0.3, 0.4) is 0 Å². The summed E-state index contributed by atoms with van der Waals surface area (Å²) in [5.41, 5.74) is 1.09. The highest BCUT2D eigenvalue weighted by Crippen LogP contribution is 2.53. The zero-order valence-corrected chi connectivity index (χ0v) is 15.9. The number of aromatic nitrogens is 2. The van der Waals surface area contributed by atoms with Crippen LogP contribution in [0.4, 0.5) is 0 Å². The van der Waals surface area contributed by atoms with E-state index in [1.165, 1.54) is 0 Å². The van der Waals surface area contributed by atoms with Crippen LogP contribution in [0.15, 0.2) is 42.7 Å². The van der Waals surface area contributed by atoms with Gasteiger partial charge in [0.2, 0.25) is 5.91 Å².